The number of nitrogens with one attached hydrogen (secondary N) is 1. The van der Waals surface area contributed by atoms with Crippen molar-refractivity contribution in [1.29, 1.82) is 0 Å². The van der Waals surface area contributed by atoms with Crippen molar-refractivity contribution in [2.45, 2.75) is 37.8 Å². The molecule has 18 heavy (non-hydrogen) atoms. The lowest BCUT2D eigenvalue weighted by Crippen LogP contribution is -2.48. The maximum absolute atomic E-state index is 13.6. The minimum atomic E-state index is -0.404. The third kappa shape index (κ3) is 2.70. The van der Waals surface area contributed by atoms with E-state index in [0.29, 0.717) is 12.0 Å². The summed E-state index contributed by atoms with van der Waals surface area (Å²) in [6.07, 6.45) is 2.38. The largest absolute Gasteiger partial charge is 0.374 e. The second kappa shape index (κ2) is 5.33. The van der Waals surface area contributed by atoms with Crippen LogP contribution in [-0.2, 0) is 11.2 Å². The van der Waals surface area contributed by atoms with Crippen molar-refractivity contribution in [3.63, 3.8) is 0 Å². The average molecular weight is 255 g/mol. The molecule has 0 aliphatic carbocycles. The molecule has 1 aromatic rings. The van der Waals surface area contributed by atoms with Crippen LogP contribution >= 0.6 is 0 Å². The van der Waals surface area contributed by atoms with Gasteiger partial charge in [0.25, 0.3) is 0 Å². The zero-order valence-corrected chi connectivity index (χ0v) is 10.8. The Bertz CT molecular complexity index is 416. The maximum Gasteiger partial charge on any atom is 0.126 e. The third-order valence-corrected chi connectivity index (χ3v) is 3.77. The maximum atomic E-state index is 13.6. The van der Waals surface area contributed by atoms with Crippen LogP contribution in [0.1, 0.15) is 25.3 Å². The number of ether oxygens (including phenoxy) is 1. The molecule has 2 rings (SSSR count). The molecule has 1 saturated heterocycles. The van der Waals surface area contributed by atoms with Gasteiger partial charge in [0.1, 0.15) is 11.6 Å². The van der Waals surface area contributed by atoms with Crippen LogP contribution in [0.15, 0.2) is 18.2 Å². The van der Waals surface area contributed by atoms with Crippen LogP contribution < -0.4 is 5.32 Å². The van der Waals surface area contributed by atoms with Gasteiger partial charge in [-0.2, -0.15) is 0 Å². The lowest BCUT2D eigenvalue weighted by molar-refractivity contribution is -0.00962. The summed E-state index contributed by atoms with van der Waals surface area (Å²) in [5.74, 6) is -0.767. The Kier molecular flexibility index (Phi) is 3.97. The van der Waals surface area contributed by atoms with E-state index in [4.69, 9.17) is 4.74 Å². The molecule has 0 bridgehead atoms. The van der Waals surface area contributed by atoms with E-state index >= 15 is 0 Å². The van der Waals surface area contributed by atoms with Crippen LogP contribution in [0.3, 0.4) is 0 Å². The zero-order valence-electron chi connectivity index (χ0n) is 10.8. The van der Waals surface area contributed by atoms with Crippen LogP contribution in [-0.4, -0.2) is 25.3 Å². The molecule has 2 atom stereocenters. The molecule has 2 nitrogen and oxygen atoms in total. The van der Waals surface area contributed by atoms with E-state index in [9.17, 15) is 8.78 Å². The van der Waals surface area contributed by atoms with Gasteiger partial charge in [-0.15, -0.1) is 0 Å². The fraction of sp³-hybridized carbons (Fsp3) is 0.571. The van der Waals surface area contributed by atoms with Gasteiger partial charge in [-0.05, 0) is 57.0 Å². The standard InChI is InChI=1S/C14H19F2NO/c1-14(6-3-7-18-14)13(17-2)9-10-8-11(15)4-5-12(10)16/h4-5,8,13,17H,3,6-7,9H2,1-2H3. The van der Waals surface area contributed by atoms with Gasteiger partial charge in [0.05, 0.1) is 5.60 Å². The van der Waals surface area contributed by atoms with Crippen molar-refractivity contribution in [1.82, 2.24) is 5.32 Å². The molecule has 0 saturated carbocycles. The molecule has 1 heterocycles. The summed E-state index contributed by atoms with van der Waals surface area (Å²) < 4.78 is 32.6. The third-order valence-electron chi connectivity index (χ3n) is 3.77. The van der Waals surface area contributed by atoms with Gasteiger partial charge in [-0.1, -0.05) is 0 Å². The van der Waals surface area contributed by atoms with Crippen molar-refractivity contribution >= 4 is 0 Å². The van der Waals surface area contributed by atoms with Crippen LogP contribution in [0.5, 0.6) is 0 Å². The quantitative estimate of drug-likeness (QED) is 0.893. The molecule has 0 aromatic heterocycles. The Morgan fingerprint density at radius 3 is 2.83 bits per heavy atom. The van der Waals surface area contributed by atoms with E-state index in [-0.39, 0.29) is 17.5 Å². The Morgan fingerprint density at radius 1 is 1.44 bits per heavy atom. The second-order valence-electron chi connectivity index (χ2n) is 5.05. The van der Waals surface area contributed by atoms with E-state index in [1.165, 1.54) is 12.1 Å². The summed E-state index contributed by atoms with van der Waals surface area (Å²) in [5, 5.41) is 3.17. The predicted octanol–water partition coefficient (Wildman–Crippen LogP) is 2.66. The summed E-state index contributed by atoms with van der Waals surface area (Å²) in [4.78, 5) is 0. The predicted molar refractivity (Wildman–Crippen MR) is 66.5 cm³/mol. The van der Waals surface area contributed by atoms with Crippen molar-refractivity contribution in [2.75, 3.05) is 13.7 Å². The highest BCUT2D eigenvalue weighted by molar-refractivity contribution is 5.20. The first-order valence-corrected chi connectivity index (χ1v) is 6.30. The molecule has 100 valence electrons. The fourth-order valence-corrected chi connectivity index (χ4v) is 2.62. The molecule has 1 aliphatic rings. The van der Waals surface area contributed by atoms with E-state index in [0.717, 1.165) is 25.5 Å². The van der Waals surface area contributed by atoms with Crippen molar-refractivity contribution in [3.05, 3.63) is 35.4 Å². The topological polar surface area (TPSA) is 21.3 Å². The van der Waals surface area contributed by atoms with Crippen LogP contribution in [0.2, 0.25) is 0 Å². The van der Waals surface area contributed by atoms with Gasteiger partial charge in [0, 0.05) is 12.6 Å². The number of halogens is 2. The van der Waals surface area contributed by atoms with E-state index in [2.05, 4.69) is 5.32 Å². The Labute approximate surface area is 106 Å². The van der Waals surface area contributed by atoms with E-state index < -0.39 is 5.82 Å². The molecule has 0 spiro atoms. The molecule has 4 heteroatoms. The highest BCUT2D eigenvalue weighted by atomic mass is 19.1. The van der Waals surface area contributed by atoms with E-state index in [1.807, 2.05) is 14.0 Å². The Hall–Kier alpha value is -1.00. The first kappa shape index (κ1) is 13.4. The number of rotatable bonds is 4. The molecule has 2 unspecified atom stereocenters. The molecular weight excluding hydrogens is 236 g/mol. The molecule has 0 amide bonds. The van der Waals surface area contributed by atoms with Gasteiger partial charge in [-0.3, -0.25) is 0 Å². The highest BCUT2D eigenvalue weighted by Crippen LogP contribution is 2.30. The molecule has 1 fully saturated rings. The normalized spacial score (nSPS) is 25.3. The minimum absolute atomic E-state index is 0.0173. The summed E-state index contributed by atoms with van der Waals surface area (Å²) in [5.41, 5.74) is 0.0964. The summed E-state index contributed by atoms with van der Waals surface area (Å²) in [6, 6.07) is 3.56. The number of benzene rings is 1. The summed E-state index contributed by atoms with van der Waals surface area (Å²) >= 11 is 0. The van der Waals surface area contributed by atoms with Gasteiger partial charge in [0.15, 0.2) is 0 Å². The lowest BCUT2D eigenvalue weighted by atomic mass is 9.88. The van der Waals surface area contributed by atoms with Crippen LogP contribution in [0.4, 0.5) is 8.78 Å². The van der Waals surface area contributed by atoms with Crippen molar-refractivity contribution in [3.8, 4) is 0 Å². The second-order valence-corrected chi connectivity index (χ2v) is 5.05. The zero-order chi connectivity index (χ0) is 13.2. The van der Waals surface area contributed by atoms with Gasteiger partial charge in [0.2, 0.25) is 0 Å². The van der Waals surface area contributed by atoms with Gasteiger partial charge < -0.3 is 10.1 Å². The first-order valence-electron chi connectivity index (χ1n) is 6.30. The number of likely N-dealkylation sites (N-methyl/N-ethyl adjacent to an activating group) is 1. The summed E-state index contributed by atoms with van der Waals surface area (Å²) in [6.45, 7) is 2.76. The fourth-order valence-electron chi connectivity index (χ4n) is 2.62. The van der Waals surface area contributed by atoms with Crippen LogP contribution in [0.25, 0.3) is 0 Å². The smallest absolute Gasteiger partial charge is 0.126 e. The SMILES string of the molecule is CNC(Cc1cc(F)ccc1F)C1(C)CCCO1. The average Bonchev–Trinajstić information content (AvgIpc) is 2.78. The molecular formula is C14H19F2NO. The Balaban J connectivity index is 2.17. The van der Waals surface area contributed by atoms with E-state index in [1.54, 1.807) is 0 Å². The highest BCUT2D eigenvalue weighted by Gasteiger charge is 2.37. The molecule has 1 N–H and O–H groups in total. The van der Waals surface area contributed by atoms with Crippen molar-refractivity contribution < 1.29 is 13.5 Å². The summed E-state index contributed by atoms with van der Waals surface area (Å²) in [7, 11) is 1.83. The lowest BCUT2D eigenvalue weighted by Gasteiger charge is -2.33. The van der Waals surface area contributed by atoms with Crippen molar-refractivity contribution in [2.24, 2.45) is 0 Å². The molecule has 0 radical (unpaired) electrons. The Morgan fingerprint density at radius 2 is 2.22 bits per heavy atom. The monoisotopic (exact) mass is 255 g/mol. The number of hydrogen-bond acceptors (Lipinski definition) is 2. The molecule has 1 aromatic carbocycles. The van der Waals surface area contributed by atoms with Crippen LogP contribution in [0, 0.1) is 11.6 Å². The first-order chi connectivity index (χ1) is 8.55. The minimum Gasteiger partial charge on any atom is -0.374 e. The number of hydrogen-bond donors (Lipinski definition) is 1. The molecule has 1 aliphatic heterocycles. The van der Waals surface area contributed by atoms with Gasteiger partial charge >= 0.3 is 0 Å². The van der Waals surface area contributed by atoms with Gasteiger partial charge in [-0.25, -0.2) is 8.78 Å².